The topological polar surface area (TPSA) is 33.1 Å². The number of pyridine rings is 1. The lowest BCUT2D eigenvalue weighted by Gasteiger charge is -2.03. The van der Waals surface area contributed by atoms with Crippen molar-refractivity contribution in [3.63, 3.8) is 0 Å². The van der Waals surface area contributed by atoms with Crippen LogP contribution in [0.3, 0.4) is 0 Å². The number of rotatable bonds is 4. The van der Waals surface area contributed by atoms with Gasteiger partial charge >= 0.3 is 0 Å². The van der Waals surface area contributed by atoms with Crippen molar-refractivity contribution in [2.75, 3.05) is 5.75 Å². The highest BCUT2D eigenvalue weighted by atomic mass is 32.2. The molecular weight excluding hydrogens is 182 g/mol. The molecule has 1 rings (SSSR count). The fourth-order valence-corrected chi connectivity index (χ4v) is 1.95. The largest absolute Gasteiger partial charge is 0.506 e. The molecule has 0 unspecified atom stereocenters. The van der Waals surface area contributed by atoms with Crippen molar-refractivity contribution in [3.05, 3.63) is 18.3 Å². The second kappa shape index (κ2) is 5.12. The molecule has 2 nitrogen and oxygen atoms in total. The van der Waals surface area contributed by atoms with E-state index in [0.717, 1.165) is 16.7 Å². The van der Waals surface area contributed by atoms with E-state index in [0.29, 0.717) is 0 Å². The molecule has 0 atom stereocenters. The van der Waals surface area contributed by atoms with Gasteiger partial charge in [-0.2, -0.15) is 0 Å². The fourth-order valence-electron chi connectivity index (χ4n) is 0.857. The molecule has 0 aromatic carbocycles. The van der Waals surface area contributed by atoms with Crippen molar-refractivity contribution in [2.24, 2.45) is 5.92 Å². The Morgan fingerprint density at radius 3 is 2.77 bits per heavy atom. The summed E-state index contributed by atoms with van der Waals surface area (Å²) in [4.78, 5) is 4.09. The zero-order chi connectivity index (χ0) is 9.68. The van der Waals surface area contributed by atoms with E-state index in [-0.39, 0.29) is 5.75 Å². The smallest absolute Gasteiger partial charge is 0.133 e. The van der Waals surface area contributed by atoms with E-state index >= 15 is 0 Å². The first-order valence-corrected chi connectivity index (χ1v) is 5.45. The number of aromatic hydroxyl groups is 1. The fraction of sp³-hybridized carbons (Fsp3) is 0.500. The molecular formula is C10H15NOS. The third-order valence-electron chi connectivity index (χ3n) is 1.67. The first kappa shape index (κ1) is 10.4. The average molecular weight is 197 g/mol. The van der Waals surface area contributed by atoms with Gasteiger partial charge in [0.2, 0.25) is 0 Å². The standard InChI is InChI=1S/C10H15NOS/c1-8(2)5-6-13-10-4-3-9(12)7-11-10/h3-4,7-8,12H,5-6H2,1-2H3. The lowest BCUT2D eigenvalue weighted by Crippen LogP contribution is -1.89. The van der Waals surface area contributed by atoms with Gasteiger partial charge in [-0.25, -0.2) is 4.98 Å². The molecule has 13 heavy (non-hydrogen) atoms. The lowest BCUT2D eigenvalue weighted by molar-refractivity contribution is 0.471. The van der Waals surface area contributed by atoms with Gasteiger partial charge in [0, 0.05) is 0 Å². The van der Waals surface area contributed by atoms with Crippen molar-refractivity contribution in [1.29, 1.82) is 0 Å². The van der Waals surface area contributed by atoms with E-state index in [9.17, 15) is 0 Å². The Labute approximate surface area is 83.4 Å². The van der Waals surface area contributed by atoms with Crippen molar-refractivity contribution < 1.29 is 5.11 Å². The van der Waals surface area contributed by atoms with Crippen molar-refractivity contribution >= 4 is 11.8 Å². The van der Waals surface area contributed by atoms with Crippen LogP contribution in [0.15, 0.2) is 23.4 Å². The van der Waals surface area contributed by atoms with E-state index < -0.39 is 0 Å². The Hall–Kier alpha value is -0.700. The van der Waals surface area contributed by atoms with Crippen LogP contribution in [0.1, 0.15) is 20.3 Å². The number of thioether (sulfide) groups is 1. The van der Waals surface area contributed by atoms with Crippen LogP contribution in [0.25, 0.3) is 0 Å². The van der Waals surface area contributed by atoms with Gasteiger partial charge in [-0.15, -0.1) is 11.8 Å². The molecule has 1 heterocycles. The summed E-state index contributed by atoms with van der Waals surface area (Å²) >= 11 is 1.74. The van der Waals surface area contributed by atoms with E-state index in [1.54, 1.807) is 17.8 Å². The third kappa shape index (κ3) is 4.18. The summed E-state index contributed by atoms with van der Waals surface area (Å²) in [5.41, 5.74) is 0. The first-order valence-electron chi connectivity index (χ1n) is 4.46. The van der Waals surface area contributed by atoms with Gasteiger partial charge in [0.1, 0.15) is 5.75 Å². The number of nitrogens with zero attached hydrogens (tertiary/aromatic N) is 1. The van der Waals surface area contributed by atoms with E-state index in [1.807, 2.05) is 6.07 Å². The van der Waals surface area contributed by atoms with Crippen LogP contribution in [-0.4, -0.2) is 15.8 Å². The maximum atomic E-state index is 9.00. The third-order valence-corrected chi connectivity index (χ3v) is 2.64. The van der Waals surface area contributed by atoms with Gasteiger partial charge in [-0.1, -0.05) is 13.8 Å². The summed E-state index contributed by atoms with van der Waals surface area (Å²) in [6, 6.07) is 3.52. The molecule has 0 spiro atoms. The molecule has 1 N–H and O–H groups in total. The Morgan fingerprint density at radius 1 is 1.46 bits per heavy atom. The van der Waals surface area contributed by atoms with Crippen molar-refractivity contribution in [2.45, 2.75) is 25.3 Å². The number of hydrogen-bond acceptors (Lipinski definition) is 3. The molecule has 0 fully saturated rings. The minimum atomic E-state index is 0.230. The van der Waals surface area contributed by atoms with Crippen LogP contribution in [0.4, 0.5) is 0 Å². The molecule has 0 aliphatic carbocycles. The molecule has 0 amide bonds. The molecule has 72 valence electrons. The zero-order valence-corrected chi connectivity index (χ0v) is 8.84. The molecule has 0 aliphatic heterocycles. The maximum Gasteiger partial charge on any atom is 0.133 e. The molecule has 0 aliphatic rings. The van der Waals surface area contributed by atoms with Crippen LogP contribution in [0.2, 0.25) is 0 Å². The Bertz CT molecular complexity index is 246. The van der Waals surface area contributed by atoms with Gasteiger partial charge in [-0.3, -0.25) is 0 Å². The van der Waals surface area contributed by atoms with Crippen LogP contribution in [0, 0.1) is 5.92 Å². The predicted octanol–water partition coefficient (Wildman–Crippen LogP) is 2.93. The predicted molar refractivity (Wildman–Crippen MR) is 56.1 cm³/mol. The summed E-state index contributed by atoms with van der Waals surface area (Å²) in [6.45, 7) is 4.43. The van der Waals surface area contributed by atoms with Crippen LogP contribution in [-0.2, 0) is 0 Å². The van der Waals surface area contributed by atoms with E-state index in [4.69, 9.17) is 5.11 Å². The lowest BCUT2D eigenvalue weighted by atomic mass is 10.2. The zero-order valence-electron chi connectivity index (χ0n) is 8.03. The minimum absolute atomic E-state index is 0.230. The van der Waals surface area contributed by atoms with Gasteiger partial charge < -0.3 is 5.11 Å². The molecule has 1 aromatic rings. The summed E-state index contributed by atoms with van der Waals surface area (Å²) in [6.07, 6.45) is 2.69. The SMILES string of the molecule is CC(C)CCSc1ccc(O)cn1. The Morgan fingerprint density at radius 2 is 2.23 bits per heavy atom. The summed E-state index contributed by atoms with van der Waals surface area (Å²) in [5, 5.41) is 9.98. The first-order chi connectivity index (χ1) is 6.18. The molecule has 0 radical (unpaired) electrons. The van der Waals surface area contributed by atoms with Gasteiger partial charge in [-0.05, 0) is 30.2 Å². The van der Waals surface area contributed by atoms with E-state index in [2.05, 4.69) is 18.8 Å². The minimum Gasteiger partial charge on any atom is -0.506 e. The number of hydrogen-bond donors (Lipinski definition) is 1. The van der Waals surface area contributed by atoms with Gasteiger partial charge in [0.25, 0.3) is 0 Å². The molecule has 1 aromatic heterocycles. The van der Waals surface area contributed by atoms with Crippen molar-refractivity contribution in [3.8, 4) is 5.75 Å². The summed E-state index contributed by atoms with van der Waals surface area (Å²) < 4.78 is 0. The monoisotopic (exact) mass is 197 g/mol. The molecule has 0 bridgehead atoms. The maximum absolute atomic E-state index is 9.00. The molecule has 3 heteroatoms. The normalized spacial score (nSPS) is 10.7. The van der Waals surface area contributed by atoms with Gasteiger partial charge in [0.05, 0.1) is 11.2 Å². The van der Waals surface area contributed by atoms with E-state index in [1.165, 1.54) is 12.6 Å². The Kier molecular flexibility index (Phi) is 4.09. The van der Waals surface area contributed by atoms with Crippen LogP contribution >= 0.6 is 11.8 Å². The quantitative estimate of drug-likeness (QED) is 0.753. The van der Waals surface area contributed by atoms with Crippen LogP contribution < -0.4 is 0 Å². The molecule has 0 saturated carbocycles. The Balaban J connectivity index is 2.33. The molecule has 0 saturated heterocycles. The van der Waals surface area contributed by atoms with Crippen molar-refractivity contribution in [1.82, 2.24) is 4.98 Å². The van der Waals surface area contributed by atoms with Gasteiger partial charge in [0.15, 0.2) is 0 Å². The summed E-state index contributed by atoms with van der Waals surface area (Å²) in [5.74, 6) is 2.06. The van der Waals surface area contributed by atoms with Crippen LogP contribution in [0.5, 0.6) is 5.75 Å². The average Bonchev–Trinajstić information content (AvgIpc) is 2.08. The number of aromatic nitrogens is 1. The second-order valence-corrected chi connectivity index (χ2v) is 4.50. The second-order valence-electron chi connectivity index (χ2n) is 3.39. The highest BCUT2D eigenvalue weighted by Gasteiger charge is 1.97. The highest BCUT2D eigenvalue weighted by molar-refractivity contribution is 7.99. The highest BCUT2D eigenvalue weighted by Crippen LogP contribution is 2.19. The summed E-state index contributed by atoms with van der Waals surface area (Å²) in [7, 11) is 0.